The predicted molar refractivity (Wildman–Crippen MR) is 95.5 cm³/mol. The Hall–Kier alpha value is -3.28. The van der Waals surface area contributed by atoms with E-state index in [0.717, 1.165) is 20.9 Å². The minimum atomic E-state index is -0.772. The number of thioether (sulfide) groups is 1. The third-order valence-corrected chi connectivity index (χ3v) is 4.73. The van der Waals surface area contributed by atoms with E-state index in [1.165, 1.54) is 37.0 Å². The molecule has 27 heavy (non-hydrogen) atoms. The second kappa shape index (κ2) is 7.15. The van der Waals surface area contributed by atoms with Gasteiger partial charge in [-0.2, -0.15) is 4.68 Å². The van der Waals surface area contributed by atoms with Gasteiger partial charge >= 0.3 is 5.69 Å². The zero-order valence-electron chi connectivity index (χ0n) is 14.3. The molecule has 0 aliphatic carbocycles. The average molecular weight is 391 g/mol. The smallest absolute Gasteiger partial charge is 0.332 e. The molecule has 12 heteroatoms. The van der Waals surface area contributed by atoms with Gasteiger partial charge in [0.2, 0.25) is 5.16 Å². The summed E-state index contributed by atoms with van der Waals surface area (Å²) in [7, 11) is 2.63. The Kier molecular flexibility index (Phi) is 4.90. The molecule has 0 saturated heterocycles. The molecule has 1 aromatic carbocycles. The third kappa shape index (κ3) is 3.38. The van der Waals surface area contributed by atoms with Crippen LogP contribution in [-0.4, -0.2) is 40.9 Å². The fraction of sp³-hybridized carbons (Fsp3) is 0.200. The zero-order chi connectivity index (χ0) is 19.7. The van der Waals surface area contributed by atoms with Crippen molar-refractivity contribution in [1.82, 2.24) is 29.3 Å². The summed E-state index contributed by atoms with van der Waals surface area (Å²) in [5.41, 5.74) is 4.47. The number of carbonyl (C=O) groups excluding carboxylic acids is 1. The molecule has 0 aliphatic heterocycles. The second-order valence-electron chi connectivity index (χ2n) is 5.53. The van der Waals surface area contributed by atoms with Crippen molar-refractivity contribution >= 4 is 23.4 Å². The van der Waals surface area contributed by atoms with E-state index >= 15 is 0 Å². The fourth-order valence-corrected chi connectivity index (χ4v) is 3.13. The summed E-state index contributed by atoms with van der Waals surface area (Å²) >= 11 is 0.954. The fourth-order valence-electron chi connectivity index (χ4n) is 2.36. The van der Waals surface area contributed by atoms with Gasteiger partial charge in [-0.3, -0.25) is 18.7 Å². The Labute approximate surface area is 155 Å². The lowest BCUT2D eigenvalue weighted by Gasteiger charge is -2.10. The van der Waals surface area contributed by atoms with Gasteiger partial charge in [-0.1, -0.05) is 17.8 Å². The first-order chi connectivity index (χ1) is 12.8. The van der Waals surface area contributed by atoms with Crippen LogP contribution in [-0.2, 0) is 14.1 Å². The van der Waals surface area contributed by atoms with Crippen LogP contribution in [0.1, 0.15) is 10.4 Å². The molecule has 2 aromatic heterocycles. The molecule has 0 bridgehead atoms. The van der Waals surface area contributed by atoms with Crippen LogP contribution < -0.4 is 17.0 Å². The number of carbonyl (C=O) groups is 1. The van der Waals surface area contributed by atoms with Crippen molar-refractivity contribution in [2.24, 2.45) is 14.1 Å². The quantitative estimate of drug-likeness (QED) is 0.466. The van der Waals surface area contributed by atoms with Gasteiger partial charge in [-0.25, -0.2) is 9.18 Å². The Morgan fingerprint density at radius 1 is 1.26 bits per heavy atom. The van der Waals surface area contributed by atoms with Gasteiger partial charge in [0.15, 0.2) is 5.78 Å². The maximum atomic E-state index is 13.4. The number of nitrogens with two attached hydrogens (primary N) is 1. The molecule has 3 rings (SSSR count). The van der Waals surface area contributed by atoms with Crippen molar-refractivity contribution in [3.05, 3.63) is 56.5 Å². The van der Waals surface area contributed by atoms with Crippen LogP contribution in [0, 0.1) is 5.82 Å². The van der Waals surface area contributed by atoms with E-state index in [1.54, 1.807) is 6.07 Å². The number of rotatable bonds is 5. The van der Waals surface area contributed by atoms with Gasteiger partial charge in [-0.05, 0) is 28.6 Å². The Bertz CT molecular complexity index is 1150. The van der Waals surface area contributed by atoms with Gasteiger partial charge in [0.1, 0.15) is 17.2 Å². The van der Waals surface area contributed by atoms with Crippen molar-refractivity contribution in [1.29, 1.82) is 0 Å². The van der Waals surface area contributed by atoms with Gasteiger partial charge in [0, 0.05) is 14.1 Å². The van der Waals surface area contributed by atoms with E-state index in [9.17, 15) is 18.8 Å². The van der Waals surface area contributed by atoms with Gasteiger partial charge < -0.3 is 5.73 Å². The molecular formula is C15H14FN7O3S. The van der Waals surface area contributed by atoms with Crippen molar-refractivity contribution < 1.29 is 9.18 Å². The SMILES string of the molecule is Cn1c(N)c(C(=O)CSc2nnnn2-c2cccc(F)c2)c(=O)n(C)c1=O. The number of hydrogen-bond acceptors (Lipinski definition) is 8. The maximum Gasteiger partial charge on any atom is 0.332 e. The molecule has 0 unspecified atom stereocenters. The Morgan fingerprint density at radius 2 is 2.00 bits per heavy atom. The average Bonchev–Trinajstić information content (AvgIpc) is 3.12. The highest BCUT2D eigenvalue weighted by molar-refractivity contribution is 7.99. The normalized spacial score (nSPS) is 10.9. The number of hydrogen-bond donors (Lipinski definition) is 1. The molecule has 140 valence electrons. The number of tetrazole rings is 1. The zero-order valence-corrected chi connectivity index (χ0v) is 15.1. The van der Waals surface area contributed by atoms with Crippen LogP contribution in [0.25, 0.3) is 5.69 Å². The lowest BCUT2D eigenvalue weighted by molar-refractivity contribution is 0.102. The van der Waals surface area contributed by atoms with Crippen LogP contribution in [0.2, 0.25) is 0 Å². The number of nitrogens with zero attached hydrogens (tertiary/aromatic N) is 6. The molecule has 0 radical (unpaired) electrons. The molecule has 3 aromatic rings. The van der Waals surface area contributed by atoms with Gasteiger partial charge in [0.25, 0.3) is 5.56 Å². The highest BCUT2D eigenvalue weighted by Gasteiger charge is 2.21. The van der Waals surface area contributed by atoms with E-state index in [-0.39, 0.29) is 22.3 Å². The van der Waals surface area contributed by atoms with Crippen molar-refractivity contribution in [2.45, 2.75) is 5.16 Å². The summed E-state index contributed by atoms with van der Waals surface area (Å²) in [6, 6.07) is 5.62. The molecule has 10 nitrogen and oxygen atoms in total. The molecule has 0 fully saturated rings. The summed E-state index contributed by atoms with van der Waals surface area (Å²) in [5, 5.41) is 11.3. The molecule has 2 heterocycles. The lowest BCUT2D eigenvalue weighted by atomic mass is 10.2. The van der Waals surface area contributed by atoms with E-state index in [0.29, 0.717) is 5.69 Å². The number of halogens is 1. The molecule has 0 atom stereocenters. The first-order valence-electron chi connectivity index (χ1n) is 7.57. The molecule has 0 spiro atoms. The number of aromatic nitrogens is 6. The van der Waals surface area contributed by atoms with E-state index in [1.807, 2.05) is 0 Å². The summed E-state index contributed by atoms with van der Waals surface area (Å²) in [5.74, 6) is -1.45. The van der Waals surface area contributed by atoms with Crippen molar-refractivity contribution in [3.63, 3.8) is 0 Å². The van der Waals surface area contributed by atoms with Crippen LogP contribution in [0.4, 0.5) is 10.2 Å². The first kappa shape index (κ1) is 18.5. The third-order valence-electron chi connectivity index (χ3n) is 3.81. The van der Waals surface area contributed by atoms with E-state index < -0.39 is 22.8 Å². The van der Waals surface area contributed by atoms with E-state index in [4.69, 9.17) is 5.73 Å². The maximum absolute atomic E-state index is 13.4. The number of Topliss-reactive ketones (excluding diaryl/α,β-unsaturated/α-hetero) is 1. The Morgan fingerprint density at radius 3 is 2.70 bits per heavy atom. The lowest BCUT2D eigenvalue weighted by Crippen LogP contribution is -2.41. The molecule has 2 N–H and O–H groups in total. The number of ketones is 1. The molecular weight excluding hydrogens is 377 g/mol. The summed E-state index contributed by atoms with van der Waals surface area (Å²) in [6.07, 6.45) is 0. The van der Waals surface area contributed by atoms with Crippen LogP contribution in [0.5, 0.6) is 0 Å². The topological polar surface area (TPSA) is 131 Å². The molecule has 0 amide bonds. The summed E-state index contributed by atoms with van der Waals surface area (Å²) < 4.78 is 16.5. The highest BCUT2D eigenvalue weighted by atomic mass is 32.2. The minimum Gasteiger partial charge on any atom is -0.384 e. The van der Waals surface area contributed by atoms with Crippen LogP contribution >= 0.6 is 11.8 Å². The van der Waals surface area contributed by atoms with Gasteiger partial charge in [-0.15, -0.1) is 5.10 Å². The predicted octanol–water partition coefficient (Wildman–Crippen LogP) is -0.244. The van der Waals surface area contributed by atoms with Crippen LogP contribution in [0.15, 0.2) is 39.0 Å². The van der Waals surface area contributed by atoms with Crippen LogP contribution in [0.3, 0.4) is 0 Å². The standard InChI is InChI=1S/C15H14FN7O3S/c1-21-12(17)11(13(25)22(2)15(21)26)10(24)7-27-14-18-19-20-23(14)9-5-3-4-8(16)6-9/h3-6H,7,17H2,1-2H3. The first-order valence-corrected chi connectivity index (χ1v) is 8.55. The van der Waals surface area contributed by atoms with Crippen molar-refractivity contribution in [3.8, 4) is 5.69 Å². The van der Waals surface area contributed by atoms with Crippen molar-refractivity contribution in [2.75, 3.05) is 11.5 Å². The van der Waals surface area contributed by atoms with E-state index in [2.05, 4.69) is 15.5 Å². The Balaban J connectivity index is 1.88. The second-order valence-corrected chi connectivity index (χ2v) is 6.47. The highest BCUT2D eigenvalue weighted by Crippen LogP contribution is 2.20. The minimum absolute atomic E-state index is 0.201. The van der Waals surface area contributed by atoms with Gasteiger partial charge in [0.05, 0.1) is 11.4 Å². The summed E-state index contributed by atoms with van der Waals surface area (Å²) in [6.45, 7) is 0. The molecule has 0 aliphatic rings. The summed E-state index contributed by atoms with van der Waals surface area (Å²) in [4.78, 5) is 36.6. The number of benzene rings is 1. The molecule has 0 saturated carbocycles. The monoisotopic (exact) mass is 391 g/mol. The number of anilines is 1. The largest absolute Gasteiger partial charge is 0.384 e. The number of nitrogen functional groups attached to an aromatic ring is 1.